The molecule has 3 aromatic carbocycles. The van der Waals surface area contributed by atoms with Crippen LogP contribution in [0.15, 0.2) is 72.8 Å². The van der Waals surface area contributed by atoms with Crippen molar-refractivity contribution in [2.75, 3.05) is 20.3 Å². The third-order valence-corrected chi connectivity index (χ3v) is 4.39. The molecule has 0 amide bonds. The van der Waals surface area contributed by atoms with Crippen molar-refractivity contribution in [3.8, 4) is 11.5 Å². The van der Waals surface area contributed by atoms with Gasteiger partial charge in [-0.05, 0) is 35.4 Å². The van der Waals surface area contributed by atoms with E-state index in [-0.39, 0.29) is 17.9 Å². The fourth-order valence-corrected chi connectivity index (χ4v) is 2.85. The predicted molar refractivity (Wildman–Crippen MR) is 109 cm³/mol. The van der Waals surface area contributed by atoms with Crippen molar-refractivity contribution in [2.24, 2.45) is 0 Å². The first-order valence-corrected chi connectivity index (χ1v) is 9.34. The van der Waals surface area contributed by atoms with Gasteiger partial charge in [0, 0.05) is 12.0 Å². The number of hydrogen-bond donors (Lipinski definition) is 0. The zero-order chi connectivity index (χ0) is 21.3. The lowest BCUT2D eigenvalue weighted by molar-refractivity contribution is -0.144. The molecule has 0 bridgehead atoms. The molecule has 6 heteroatoms. The molecule has 3 aromatic rings. The van der Waals surface area contributed by atoms with Crippen LogP contribution in [0.4, 0.5) is 4.39 Å². The molecule has 0 heterocycles. The van der Waals surface area contributed by atoms with E-state index in [4.69, 9.17) is 14.2 Å². The number of Topliss-reactive ketones (excluding diaryl/α,β-unsaturated/α-hetero) is 1. The summed E-state index contributed by atoms with van der Waals surface area (Å²) in [5, 5.41) is 0. The number of benzene rings is 3. The average Bonchev–Trinajstić information content (AvgIpc) is 2.77. The summed E-state index contributed by atoms with van der Waals surface area (Å²) >= 11 is 0. The highest BCUT2D eigenvalue weighted by Crippen LogP contribution is 2.21. The monoisotopic (exact) mass is 408 g/mol. The van der Waals surface area contributed by atoms with Gasteiger partial charge in [-0.15, -0.1) is 0 Å². The SMILES string of the molecule is COc1ccc(C(=O)COC(=O)COc2ccccc2Cc2ccccc2)cc1F. The molecule has 5 nitrogen and oxygen atoms in total. The van der Waals surface area contributed by atoms with Crippen molar-refractivity contribution in [1.82, 2.24) is 0 Å². The van der Waals surface area contributed by atoms with Gasteiger partial charge in [-0.2, -0.15) is 0 Å². The van der Waals surface area contributed by atoms with E-state index in [1.54, 1.807) is 6.07 Å². The first kappa shape index (κ1) is 21.0. The molecule has 0 fully saturated rings. The Hall–Kier alpha value is -3.67. The number of carbonyl (C=O) groups excluding carboxylic acids is 2. The Morgan fingerprint density at radius 2 is 1.60 bits per heavy atom. The lowest BCUT2D eigenvalue weighted by atomic mass is 10.0. The minimum Gasteiger partial charge on any atom is -0.494 e. The second kappa shape index (κ2) is 10.2. The van der Waals surface area contributed by atoms with Crippen LogP contribution in [0, 0.1) is 5.82 Å². The molecular weight excluding hydrogens is 387 g/mol. The maximum absolute atomic E-state index is 13.7. The lowest BCUT2D eigenvalue weighted by Gasteiger charge is -2.11. The molecular formula is C24H21FO5. The maximum Gasteiger partial charge on any atom is 0.344 e. The highest BCUT2D eigenvalue weighted by molar-refractivity contribution is 5.98. The van der Waals surface area contributed by atoms with Gasteiger partial charge in [0.05, 0.1) is 7.11 Å². The fraction of sp³-hybridized carbons (Fsp3) is 0.167. The van der Waals surface area contributed by atoms with Gasteiger partial charge in [-0.3, -0.25) is 4.79 Å². The number of halogens is 1. The molecule has 0 atom stereocenters. The first-order valence-electron chi connectivity index (χ1n) is 9.34. The molecule has 0 N–H and O–H groups in total. The molecule has 154 valence electrons. The normalized spacial score (nSPS) is 10.3. The summed E-state index contributed by atoms with van der Waals surface area (Å²) in [4.78, 5) is 24.1. The van der Waals surface area contributed by atoms with Crippen LogP contribution in [-0.2, 0) is 16.0 Å². The van der Waals surface area contributed by atoms with Crippen LogP contribution in [0.2, 0.25) is 0 Å². The van der Waals surface area contributed by atoms with Crippen molar-refractivity contribution in [3.05, 3.63) is 95.3 Å². The highest BCUT2D eigenvalue weighted by atomic mass is 19.1. The van der Waals surface area contributed by atoms with Crippen LogP contribution in [0.1, 0.15) is 21.5 Å². The number of hydrogen-bond acceptors (Lipinski definition) is 5. The molecule has 0 aromatic heterocycles. The Balaban J connectivity index is 1.53. The van der Waals surface area contributed by atoms with Gasteiger partial charge < -0.3 is 14.2 Å². The number of ketones is 1. The number of methoxy groups -OCH3 is 1. The van der Waals surface area contributed by atoms with Crippen molar-refractivity contribution in [3.63, 3.8) is 0 Å². The van der Waals surface area contributed by atoms with Crippen LogP contribution < -0.4 is 9.47 Å². The van der Waals surface area contributed by atoms with Crippen molar-refractivity contribution in [2.45, 2.75) is 6.42 Å². The second-order valence-corrected chi connectivity index (χ2v) is 6.49. The van der Waals surface area contributed by atoms with Gasteiger partial charge in [0.1, 0.15) is 5.75 Å². The minimum atomic E-state index is -0.688. The van der Waals surface area contributed by atoms with Crippen LogP contribution in [0.5, 0.6) is 11.5 Å². The summed E-state index contributed by atoms with van der Waals surface area (Å²) in [6.07, 6.45) is 0.660. The number of rotatable bonds is 9. The molecule has 0 aliphatic rings. The first-order chi connectivity index (χ1) is 14.6. The van der Waals surface area contributed by atoms with E-state index in [2.05, 4.69) is 0 Å². The molecule has 0 radical (unpaired) electrons. The summed E-state index contributed by atoms with van der Waals surface area (Å²) < 4.78 is 29.1. The standard InChI is InChI=1S/C24H21FO5/c1-28-23-12-11-18(14-20(23)25)21(26)15-30-24(27)16-29-22-10-6-5-9-19(22)13-17-7-3-2-4-8-17/h2-12,14H,13,15-16H2,1H3. The summed E-state index contributed by atoms with van der Waals surface area (Å²) in [6.45, 7) is -0.838. The van der Waals surface area contributed by atoms with Crippen LogP contribution in [-0.4, -0.2) is 32.1 Å². The minimum absolute atomic E-state index is 0.0334. The van der Waals surface area contributed by atoms with E-state index in [0.29, 0.717) is 12.2 Å². The van der Waals surface area contributed by atoms with Gasteiger partial charge in [-0.25, -0.2) is 9.18 Å². The number of carbonyl (C=O) groups is 2. The Morgan fingerprint density at radius 1 is 0.867 bits per heavy atom. The fourth-order valence-electron chi connectivity index (χ4n) is 2.85. The van der Waals surface area contributed by atoms with Crippen molar-refractivity contribution >= 4 is 11.8 Å². The Kier molecular flexibility index (Phi) is 7.16. The third-order valence-electron chi connectivity index (χ3n) is 4.39. The lowest BCUT2D eigenvalue weighted by Crippen LogP contribution is -2.20. The van der Waals surface area contributed by atoms with Crippen LogP contribution in [0.3, 0.4) is 0 Å². The third kappa shape index (κ3) is 5.67. The largest absolute Gasteiger partial charge is 0.494 e. The van der Waals surface area contributed by atoms with Gasteiger partial charge in [0.2, 0.25) is 0 Å². The molecule has 0 spiro atoms. The molecule has 0 unspecified atom stereocenters. The number of ether oxygens (including phenoxy) is 3. The Bertz CT molecular complexity index is 1020. The van der Waals surface area contributed by atoms with E-state index >= 15 is 0 Å². The topological polar surface area (TPSA) is 61.8 Å². The zero-order valence-electron chi connectivity index (χ0n) is 16.5. The van der Waals surface area contributed by atoms with E-state index in [9.17, 15) is 14.0 Å². The molecule has 0 saturated heterocycles. The maximum atomic E-state index is 13.7. The average molecular weight is 408 g/mol. The number of esters is 1. The van der Waals surface area contributed by atoms with Crippen LogP contribution in [0.25, 0.3) is 0 Å². The summed E-state index contributed by atoms with van der Waals surface area (Å²) in [6, 6.07) is 21.1. The molecule has 30 heavy (non-hydrogen) atoms. The quantitative estimate of drug-likeness (QED) is 0.392. The number of para-hydroxylation sites is 1. The van der Waals surface area contributed by atoms with E-state index < -0.39 is 24.2 Å². The van der Waals surface area contributed by atoms with Gasteiger partial charge in [-0.1, -0.05) is 48.5 Å². The van der Waals surface area contributed by atoms with E-state index in [1.807, 2.05) is 48.5 Å². The van der Waals surface area contributed by atoms with Gasteiger partial charge in [0.15, 0.2) is 30.6 Å². The predicted octanol–water partition coefficient (Wildman–Crippen LogP) is 4.23. The van der Waals surface area contributed by atoms with Crippen LogP contribution >= 0.6 is 0 Å². The van der Waals surface area contributed by atoms with Crippen molar-refractivity contribution in [1.29, 1.82) is 0 Å². The summed E-state index contributed by atoms with van der Waals surface area (Å²) in [5.41, 5.74) is 2.14. The Morgan fingerprint density at radius 3 is 2.33 bits per heavy atom. The zero-order valence-corrected chi connectivity index (χ0v) is 16.5. The van der Waals surface area contributed by atoms with E-state index in [0.717, 1.165) is 17.2 Å². The molecule has 0 aliphatic carbocycles. The summed E-state index contributed by atoms with van der Waals surface area (Å²) in [5.74, 6) is -1.26. The molecule has 0 saturated carbocycles. The summed E-state index contributed by atoms with van der Waals surface area (Å²) in [7, 11) is 1.33. The van der Waals surface area contributed by atoms with Gasteiger partial charge in [0.25, 0.3) is 0 Å². The molecule has 0 aliphatic heterocycles. The van der Waals surface area contributed by atoms with Crippen molar-refractivity contribution < 1.29 is 28.2 Å². The smallest absolute Gasteiger partial charge is 0.344 e. The Labute approximate surface area is 174 Å². The van der Waals surface area contributed by atoms with Gasteiger partial charge >= 0.3 is 5.97 Å². The van der Waals surface area contributed by atoms with E-state index in [1.165, 1.54) is 19.2 Å². The highest BCUT2D eigenvalue weighted by Gasteiger charge is 2.14. The molecule has 3 rings (SSSR count). The second-order valence-electron chi connectivity index (χ2n) is 6.49.